The second kappa shape index (κ2) is 8.83. The maximum absolute atomic E-state index is 11.7. The van der Waals surface area contributed by atoms with E-state index in [1.165, 1.54) is 0 Å². The summed E-state index contributed by atoms with van der Waals surface area (Å²) in [6.07, 6.45) is 4.97. The van der Waals surface area contributed by atoms with E-state index in [4.69, 9.17) is 14.5 Å². The number of carbonyl (C=O) groups is 1. The molecule has 158 valence electrons. The van der Waals surface area contributed by atoms with Gasteiger partial charge in [0.2, 0.25) is 0 Å². The minimum Gasteiger partial charge on any atom is -0.497 e. The molecule has 0 radical (unpaired) electrons. The zero-order valence-corrected chi connectivity index (χ0v) is 17.6. The van der Waals surface area contributed by atoms with E-state index in [-0.39, 0.29) is 5.91 Å². The number of pyridine rings is 1. The van der Waals surface area contributed by atoms with Crippen LogP contribution in [0.2, 0.25) is 0 Å². The minimum absolute atomic E-state index is 0.218. The highest BCUT2D eigenvalue weighted by Gasteiger charge is 2.10. The molecule has 0 bridgehead atoms. The molecule has 0 unspecified atom stereocenters. The summed E-state index contributed by atoms with van der Waals surface area (Å²) in [4.78, 5) is 28.4. The fourth-order valence-corrected chi connectivity index (χ4v) is 3.31. The van der Waals surface area contributed by atoms with Crippen LogP contribution >= 0.6 is 0 Å². The first kappa shape index (κ1) is 20.3. The van der Waals surface area contributed by atoms with Crippen LogP contribution in [0, 0.1) is 0 Å². The standard InChI is InChI=1S/C23H23N5O3/c1-24-23(29)19-7-5-15(12-25-19)20-11-21-22(28-20)26-13-16(27-21)6-4-14-8-17(30-2)10-18(9-14)31-3/h5,7-13H,4,6H2,1-3H3,(H,24,29)(H,26,28). The monoisotopic (exact) mass is 417 g/mol. The number of fused-ring (bicyclic) bond motifs is 1. The van der Waals surface area contributed by atoms with Gasteiger partial charge in [-0.2, -0.15) is 0 Å². The summed E-state index contributed by atoms with van der Waals surface area (Å²) in [6.45, 7) is 0. The molecule has 31 heavy (non-hydrogen) atoms. The van der Waals surface area contributed by atoms with Gasteiger partial charge in [-0.05, 0) is 48.7 Å². The number of H-pyrrole nitrogens is 1. The molecule has 3 aromatic heterocycles. The van der Waals surface area contributed by atoms with Crippen LogP contribution in [0.15, 0.2) is 48.8 Å². The smallest absolute Gasteiger partial charge is 0.269 e. The lowest BCUT2D eigenvalue weighted by Gasteiger charge is -2.08. The SMILES string of the molecule is CNC(=O)c1ccc(-c2cc3nc(CCc4cc(OC)cc(OC)c4)cnc3[nH]2)cn1. The fraction of sp³-hybridized carbons (Fsp3) is 0.217. The van der Waals surface area contributed by atoms with Gasteiger partial charge in [0.25, 0.3) is 5.91 Å². The lowest BCUT2D eigenvalue weighted by Crippen LogP contribution is -2.18. The normalized spacial score (nSPS) is 10.8. The van der Waals surface area contributed by atoms with Crippen molar-refractivity contribution in [2.75, 3.05) is 21.3 Å². The Labute approximate surface area is 179 Å². The van der Waals surface area contributed by atoms with E-state index >= 15 is 0 Å². The summed E-state index contributed by atoms with van der Waals surface area (Å²) >= 11 is 0. The molecule has 0 fully saturated rings. The van der Waals surface area contributed by atoms with Crippen molar-refractivity contribution in [3.63, 3.8) is 0 Å². The van der Waals surface area contributed by atoms with Crippen LogP contribution < -0.4 is 14.8 Å². The maximum Gasteiger partial charge on any atom is 0.269 e. The van der Waals surface area contributed by atoms with Gasteiger partial charge in [-0.25, -0.2) is 9.97 Å². The summed E-state index contributed by atoms with van der Waals surface area (Å²) < 4.78 is 10.7. The zero-order chi connectivity index (χ0) is 21.8. The van der Waals surface area contributed by atoms with E-state index in [1.807, 2.05) is 30.3 Å². The Hall–Kier alpha value is -3.94. The third-order valence-electron chi connectivity index (χ3n) is 5.00. The van der Waals surface area contributed by atoms with E-state index in [0.717, 1.165) is 52.4 Å². The number of carbonyl (C=O) groups excluding carboxylic acids is 1. The van der Waals surface area contributed by atoms with Crippen LogP contribution in [0.1, 0.15) is 21.7 Å². The van der Waals surface area contributed by atoms with E-state index in [1.54, 1.807) is 39.7 Å². The number of aromatic amines is 1. The highest BCUT2D eigenvalue weighted by atomic mass is 16.5. The second-order valence-corrected chi connectivity index (χ2v) is 7.01. The first-order chi connectivity index (χ1) is 15.1. The van der Waals surface area contributed by atoms with Crippen LogP contribution in [0.4, 0.5) is 0 Å². The number of benzene rings is 1. The summed E-state index contributed by atoms with van der Waals surface area (Å²) in [6, 6.07) is 11.3. The average Bonchev–Trinajstić information content (AvgIpc) is 3.25. The van der Waals surface area contributed by atoms with Crippen LogP contribution in [0.25, 0.3) is 22.4 Å². The van der Waals surface area contributed by atoms with Gasteiger partial charge in [-0.3, -0.25) is 9.78 Å². The van der Waals surface area contributed by atoms with Crippen molar-refractivity contribution in [3.8, 4) is 22.8 Å². The summed E-state index contributed by atoms with van der Waals surface area (Å²) in [5.41, 5.74) is 5.57. The van der Waals surface area contributed by atoms with Gasteiger partial charge >= 0.3 is 0 Å². The lowest BCUT2D eigenvalue weighted by molar-refractivity contribution is 0.0958. The number of methoxy groups -OCH3 is 2. The van der Waals surface area contributed by atoms with Crippen molar-refractivity contribution in [2.24, 2.45) is 0 Å². The summed E-state index contributed by atoms with van der Waals surface area (Å²) in [7, 11) is 4.86. The van der Waals surface area contributed by atoms with Gasteiger partial charge in [0.05, 0.1) is 31.8 Å². The quantitative estimate of drug-likeness (QED) is 0.479. The highest BCUT2D eigenvalue weighted by molar-refractivity contribution is 5.92. The second-order valence-electron chi connectivity index (χ2n) is 7.01. The molecule has 0 aliphatic rings. The Morgan fingerprint density at radius 2 is 1.77 bits per heavy atom. The summed E-state index contributed by atoms with van der Waals surface area (Å²) in [5, 5.41) is 2.56. The van der Waals surface area contributed by atoms with Crippen LogP contribution in [-0.4, -0.2) is 47.1 Å². The molecule has 0 aliphatic heterocycles. The molecular formula is C23H23N5O3. The van der Waals surface area contributed by atoms with Gasteiger partial charge in [-0.15, -0.1) is 0 Å². The minimum atomic E-state index is -0.218. The van der Waals surface area contributed by atoms with Crippen molar-refractivity contribution >= 4 is 17.1 Å². The molecule has 0 saturated carbocycles. The van der Waals surface area contributed by atoms with Gasteiger partial charge in [0.1, 0.15) is 22.7 Å². The van der Waals surface area contributed by atoms with Crippen molar-refractivity contribution in [1.82, 2.24) is 25.3 Å². The molecule has 4 aromatic rings. The van der Waals surface area contributed by atoms with Gasteiger partial charge in [-0.1, -0.05) is 0 Å². The van der Waals surface area contributed by atoms with Crippen molar-refractivity contribution in [3.05, 3.63) is 65.7 Å². The van der Waals surface area contributed by atoms with Crippen molar-refractivity contribution in [2.45, 2.75) is 12.8 Å². The van der Waals surface area contributed by atoms with Gasteiger partial charge in [0.15, 0.2) is 5.65 Å². The molecule has 0 saturated heterocycles. The Kier molecular flexibility index (Phi) is 5.79. The predicted molar refractivity (Wildman–Crippen MR) is 117 cm³/mol. The molecule has 4 rings (SSSR count). The average molecular weight is 417 g/mol. The van der Waals surface area contributed by atoms with Gasteiger partial charge in [0, 0.05) is 24.9 Å². The Balaban J connectivity index is 1.52. The third kappa shape index (κ3) is 4.48. The zero-order valence-electron chi connectivity index (χ0n) is 17.6. The molecule has 1 amide bonds. The fourth-order valence-electron chi connectivity index (χ4n) is 3.31. The molecule has 0 aliphatic carbocycles. The third-order valence-corrected chi connectivity index (χ3v) is 5.00. The summed E-state index contributed by atoms with van der Waals surface area (Å²) in [5.74, 6) is 1.31. The van der Waals surface area contributed by atoms with Crippen LogP contribution in [0.5, 0.6) is 11.5 Å². The molecule has 0 spiro atoms. The predicted octanol–water partition coefficient (Wildman–Crippen LogP) is 3.18. The number of hydrogen-bond acceptors (Lipinski definition) is 6. The Morgan fingerprint density at radius 1 is 1.00 bits per heavy atom. The van der Waals surface area contributed by atoms with Gasteiger partial charge < -0.3 is 19.8 Å². The highest BCUT2D eigenvalue weighted by Crippen LogP contribution is 2.24. The first-order valence-corrected chi connectivity index (χ1v) is 9.84. The molecule has 0 atom stereocenters. The Morgan fingerprint density at radius 3 is 2.42 bits per heavy atom. The number of amides is 1. The Bertz CT molecular complexity index is 1200. The number of hydrogen-bond donors (Lipinski definition) is 2. The number of aryl methyl sites for hydroxylation is 2. The van der Waals surface area contributed by atoms with E-state index in [0.29, 0.717) is 11.3 Å². The number of aromatic nitrogens is 4. The molecule has 3 heterocycles. The van der Waals surface area contributed by atoms with E-state index < -0.39 is 0 Å². The lowest BCUT2D eigenvalue weighted by atomic mass is 10.1. The molecule has 2 N–H and O–H groups in total. The maximum atomic E-state index is 11.7. The first-order valence-electron chi connectivity index (χ1n) is 9.84. The van der Waals surface area contributed by atoms with Crippen molar-refractivity contribution < 1.29 is 14.3 Å². The number of nitrogens with zero attached hydrogens (tertiary/aromatic N) is 3. The molecular weight excluding hydrogens is 394 g/mol. The molecule has 8 heteroatoms. The van der Waals surface area contributed by atoms with E-state index in [2.05, 4.69) is 20.3 Å². The molecule has 8 nitrogen and oxygen atoms in total. The molecule has 1 aromatic carbocycles. The van der Waals surface area contributed by atoms with E-state index in [9.17, 15) is 4.79 Å². The van der Waals surface area contributed by atoms with Crippen LogP contribution in [-0.2, 0) is 12.8 Å². The van der Waals surface area contributed by atoms with Crippen LogP contribution in [0.3, 0.4) is 0 Å². The van der Waals surface area contributed by atoms with Crippen molar-refractivity contribution in [1.29, 1.82) is 0 Å². The number of ether oxygens (including phenoxy) is 2. The largest absolute Gasteiger partial charge is 0.497 e. The topological polar surface area (TPSA) is 102 Å². The number of nitrogens with one attached hydrogen (secondary N) is 2. The number of rotatable bonds is 7.